The maximum Gasteiger partial charge on any atom is 0.433 e. The molecular weight excluding hydrogens is 475 g/mol. The minimum atomic E-state index is -4.64. The van der Waals surface area contributed by atoms with Crippen molar-refractivity contribution in [1.29, 1.82) is 0 Å². The molecule has 1 aliphatic heterocycles. The molecule has 1 amide bonds. The zero-order valence-corrected chi connectivity index (χ0v) is 18.9. The Bertz CT molecular complexity index is 1180. The number of carbonyl (C=O) groups is 1. The summed E-state index contributed by atoms with van der Waals surface area (Å²) >= 11 is 2.50. The molecule has 0 saturated heterocycles. The molecule has 0 radical (unpaired) electrons. The van der Waals surface area contributed by atoms with Gasteiger partial charge >= 0.3 is 6.18 Å². The maximum atomic E-state index is 13.4. The van der Waals surface area contributed by atoms with Crippen LogP contribution in [-0.4, -0.2) is 34.7 Å². The summed E-state index contributed by atoms with van der Waals surface area (Å²) in [5, 5.41) is 2.76. The molecule has 0 fully saturated rings. The number of nitrogens with zero attached hydrogens (tertiary/aromatic N) is 2. The number of nitrogens with one attached hydrogen (secondary N) is 1. The smallest absolute Gasteiger partial charge is 0.433 e. The summed E-state index contributed by atoms with van der Waals surface area (Å²) in [5.74, 6) is 0.936. The van der Waals surface area contributed by atoms with E-state index in [2.05, 4.69) is 15.3 Å². The normalized spacial score (nSPS) is 12.6. The Morgan fingerprint density at radius 2 is 1.88 bits per heavy atom. The highest BCUT2D eigenvalue weighted by Gasteiger charge is 2.34. The van der Waals surface area contributed by atoms with Crippen molar-refractivity contribution in [3.05, 3.63) is 54.2 Å². The van der Waals surface area contributed by atoms with E-state index in [4.69, 9.17) is 9.47 Å². The Morgan fingerprint density at radius 3 is 2.67 bits per heavy atom. The number of para-hydroxylation sites is 1. The second-order valence-electron chi connectivity index (χ2n) is 6.83. The SMILES string of the molecule is CSc1ccccc1NC(=O)CCSc1nc(-c2ccc3c(c2)OCO3)cc(C(F)(F)F)n1. The fourth-order valence-electron chi connectivity index (χ4n) is 3.03. The minimum Gasteiger partial charge on any atom is -0.454 e. The van der Waals surface area contributed by atoms with Crippen LogP contribution in [0.4, 0.5) is 18.9 Å². The molecule has 172 valence electrons. The lowest BCUT2D eigenvalue weighted by Crippen LogP contribution is -2.13. The molecule has 0 unspecified atom stereocenters. The highest BCUT2D eigenvalue weighted by molar-refractivity contribution is 7.99. The lowest BCUT2D eigenvalue weighted by Gasteiger charge is -2.11. The summed E-state index contributed by atoms with van der Waals surface area (Å²) in [4.78, 5) is 21.2. The number of fused-ring (bicyclic) bond motifs is 1. The molecule has 0 atom stereocenters. The first-order valence-electron chi connectivity index (χ1n) is 9.75. The number of amides is 1. The quantitative estimate of drug-likeness (QED) is 0.333. The van der Waals surface area contributed by atoms with Crippen LogP contribution in [0, 0.1) is 0 Å². The van der Waals surface area contributed by atoms with Gasteiger partial charge in [0.2, 0.25) is 12.7 Å². The molecule has 1 N–H and O–H groups in total. The van der Waals surface area contributed by atoms with Crippen LogP contribution in [0.15, 0.2) is 58.6 Å². The molecule has 33 heavy (non-hydrogen) atoms. The van der Waals surface area contributed by atoms with Crippen molar-refractivity contribution >= 4 is 35.1 Å². The van der Waals surface area contributed by atoms with Crippen molar-refractivity contribution in [2.75, 3.05) is 24.1 Å². The molecule has 1 aliphatic rings. The van der Waals surface area contributed by atoms with E-state index in [1.165, 1.54) is 11.8 Å². The van der Waals surface area contributed by atoms with Gasteiger partial charge in [0.25, 0.3) is 0 Å². The molecule has 11 heteroatoms. The van der Waals surface area contributed by atoms with Crippen molar-refractivity contribution in [3.63, 3.8) is 0 Å². The average molecular weight is 494 g/mol. The number of thioether (sulfide) groups is 2. The number of carbonyl (C=O) groups excluding carboxylic acids is 1. The van der Waals surface area contributed by atoms with E-state index in [0.29, 0.717) is 22.7 Å². The number of alkyl halides is 3. The second-order valence-corrected chi connectivity index (χ2v) is 8.74. The molecule has 3 aromatic rings. The van der Waals surface area contributed by atoms with Gasteiger partial charge in [-0.2, -0.15) is 13.2 Å². The fraction of sp³-hybridized carbons (Fsp3) is 0.227. The number of benzene rings is 2. The molecule has 4 rings (SSSR count). The van der Waals surface area contributed by atoms with E-state index in [0.717, 1.165) is 22.7 Å². The highest BCUT2D eigenvalue weighted by Crippen LogP contribution is 2.37. The highest BCUT2D eigenvalue weighted by atomic mass is 32.2. The third-order valence-corrected chi connectivity index (χ3v) is 6.25. The Balaban J connectivity index is 1.48. The van der Waals surface area contributed by atoms with Crippen LogP contribution in [-0.2, 0) is 11.0 Å². The van der Waals surface area contributed by atoms with Crippen LogP contribution < -0.4 is 14.8 Å². The zero-order chi connectivity index (χ0) is 23.4. The summed E-state index contributed by atoms with van der Waals surface area (Å²) < 4.78 is 50.9. The third-order valence-electron chi connectivity index (χ3n) is 4.61. The summed E-state index contributed by atoms with van der Waals surface area (Å²) in [7, 11) is 0. The Labute approximate surface area is 196 Å². The Morgan fingerprint density at radius 1 is 1.09 bits per heavy atom. The summed E-state index contributed by atoms with van der Waals surface area (Å²) in [6.07, 6.45) is -2.64. The lowest BCUT2D eigenvalue weighted by molar-refractivity contribution is -0.141. The molecule has 6 nitrogen and oxygen atoms in total. The molecule has 0 saturated carbocycles. The first-order chi connectivity index (χ1) is 15.8. The molecule has 2 heterocycles. The van der Waals surface area contributed by atoms with Gasteiger partial charge in [0.15, 0.2) is 16.7 Å². The van der Waals surface area contributed by atoms with E-state index in [1.807, 2.05) is 24.5 Å². The van der Waals surface area contributed by atoms with Gasteiger partial charge in [0.05, 0.1) is 11.4 Å². The van der Waals surface area contributed by atoms with Crippen LogP contribution in [0.2, 0.25) is 0 Å². The average Bonchev–Trinajstić information content (AvgIpc) is 3.26. The first kappa shape index (κ1) is 23.2. The molecule has 2 aromatic carbocycles. The molecule has 0 bridgehead atoms. The molecular formula is C22H18F3N3O3S2. The molecule has 1 aromatic heterocycles. The van der Waals surface area contributed by atoms with Crippen molar-refractivity contribution in [1.82, 2.24) is 9.97 Å². The van der Waals surface area contributed by atoms with Gasteiger partial charge in [-0.15, -0.1) is 11.8 Å². The van der Waals surface area contributed by atoms with E-state index in [1.54, 1.807) is 24.3 Å². The zero-order valence-electron chi connectivity index (χ0n) is 17.3. The van der Waals surface area contributed by atoms with Gasteiger partial charge in [0, 0.05) is 22.6 Å². The van der Waals surface area contributed by atoms with Crippen molar-refractivity contribution in [2.45, 2.75) is 22.6 Å². The van der Waals surface area contributed by atoms with Crippen LogP contribution in [0.5, 0.6) is 11.5 Å². The summed E-state index contributed by atoms with van der Waals surface area (Å²) in [6, 6.07) is 13.1. The Kier molecular flexibility index (Phi) is 6.99. The molecule has 0 aliphatic carbocycles. The van der Waals surface area contributed by atoms with Crippen molar-refractivity contribution in [2.24, 2.45) is 0 Å². The number of hydrogen-bond donors (Lipinski definition) is 1. The minimum absolute atomic E-state index is 0.0565. The van der Waals surface area contributed by atoms with Crippen molar-refractivity contribution in [3.8, 4) is 22.8 Å². The topological polar surface area (TPSA) is 73.3 Å². The number of ether oxygens (including phenoxy) is 2. The predicted molar refractivity (Wildman–Crippen MR) is 121 cm³/mol. The van der Waals surface area contributed by atoms with Gasteiger partial charge in [-0.25, -0.2) is 9.97 Å². The van der Waals surface area contributed by atoms with E-state index in [-0.39, 0.29) is 35.7 Å². The van der Waals surface area contributed by atoms with Crippen LogP contribution >= 0.6 is 23.5 Å². The third kappa shape index (κ3) is 5.72. The van der Waals surface area contributed by atoms with E-state index in [9.17, 15) is 18.0 Å². The van der Waals surface area contributed by atoms with Gasteiger partial charge in [-0.1, -0.05) is 23.9 Å². The Hall–Kier alpha value is -2.92. The van der Waals surface area contributed by atoms with Crippen LogP contribution in [0.1, 0.15) is 12.1 Å². The van der Waals surface area contributed by atoms with Crippen molar-refractivity contribution < 1.29 is 27.4 Å². The summed E-state index contributed by atoms with van der Waals surface area (Å²) in [6.45, 7) is 0.0565. The van der Waals surface area contributed by atoms with Crippen LogP contribution in [0.25, 0.3) is 11.3 Å². The lowest BCUT2D eigenvalue weighted by atomic mass is 10.1. The van der Waals surface area contributed by atoms with Gasteiger partial charge in [-0.3, -0.25) is 4.79 Å². The standard InChI is InChI=1S/C22H18F3N3O3S2/c1-32-18-5-3-2-4-14(18)26-20(29)8-9-33-21-27-15(11-19(28-21)22(23,24)25)13-6-7-16-17(10-13)31-12-30-16/h2-7,10-11H,8-9,12H2,1H3,(H,26,29). The number of hydrogen-bond acceptors (Lipinski definition) is 7. The number of anilines is 1. The number of aromatic nitrogens is 2. The molecule has 0 spiro atoms. The van der Waals surface area contributed by atoms with E-state index < -0.39 is 11.9 Å². The largest absolute Gasteiger partial charge is 0.454 e. The van der Waals surface area contributed by atoms with Gasteiger partial charge in [0.1, 0.15) is 5.69 Å². The second kappa shape index (κ2) is 9.92. The number of rotatable bonds is 7. The first-order valence-corrected chi connectivity index (χ1v) is 12.0. The predicted octanol–water partition coefficient (Wildman–Crippen LogP) is 5.73. The van der Waals surface area contributed by atoms with Gasteiger partial charge < -0.3 is 14.8 Å². The number of halogens is 3. The van der Waals surface area contributed by atoms with Gasteiger partial charge in [-0.05, 0) is 42.7 Å². The monoisotopic (exact) mass is 493 g/mol. The van der Waals surface area contributed by atoms with Crippen LogP contribution in [0.3, 0.4) is 0 Å². The summed E-state index contributed by atoms with van der Waals surface area (Å²) in [5.41, 5.74) is 0.198. The fourth-order valence-corrected chi connectivity index (χ4v) is 4.38. The van der Waals surface area contributed by atoms with E-state index >= 15 is 0 Å². The maximum absolute atomic E-state index is 13.4.